The third-order valence-corrected chi connectivity index (χ3v) is 3.15. The number of carbonyl (C=O) groups is 1. The molecule has 2 aromatic rings. The molecule has 1 aromatic carbocycles. The molecule has 0 radical (unpaired) electrons. The number of hydrogen-bond donors (Lipinski definition) is 0. The molecule has 2 nitrogen and oxygen atoms in total. The lowest BCUT2D eigenvalue weighted by Crippen LogP contribution is -2.05. The van der Waals surface area contributed by atoms with Gasteiger partial charge in [-0.15, -0.1) is 0 Å². The van der Waals surface area contributed by atoms with E-state index in [0.717, 1.165) is 5.69 Å². The van der Waals surface area contributed by atoms with Gasteiger partial charge in [0.2, 0.25) is 0 Å². The normalized spacial score (nSPS) is 10.4. The number of Topliss-reactive ketones (excluding diaryl/α,β-unsaturated/α-hetero) is 1. The van der Waals surface area contributed by atoms with Gasteiger partial charge in [-0.3, -0.25) is 9.78 Å². The maximum absolute atomic E-state index is 13.1. The van der Waals surface area contributed by atoms with E-state index in [1.54, 1.807) is 6.20 Å². The molecule has 0 aliphatic carbocycles. The third-order valence-electron chi connectivity index (χ3n) is 2.78. The minimum Gasteiger partial charge on any atom is -0.299 e. The van der Waals surface area contributed by atoms with Crippen LogP contribution >= 0.6 is 11.6 Å². The molecule has 0 N–H and O–H groups in total. The first-order valence-electron chi connectivity index (χ1n) is 6.00. The summed E-state index contributed by atoms with van der Waals surface area (Å²) in [6, 6.07) is 9.65. The van der Waals surface area contributed by atoms with Gasteiger partial charge in [0.05, 0.1) is 0 Å². The summed E-state index contributed by atoms with van der Waals surface area (Å²) in [6.45, 7) is 0. The minimum absolute atomic E-state index is 0.0261. The first kappa shape index (κ1) is 13.7. The summed E-state index contributed by atoms with van der Waals surface area (Å²) in [6.07, 6.45) is 2.82. The van der Waals surface area contributed by atoms with E-state index in [-0.39, 0.29) is 18.0 Å². The Morgan fingerprint density at radius 1 is 1.26 bits per heavy atom. The molecule has 0 unspecified atom stereocenters. The number of aryl methyl sites for hydroxylation is 1. The van der Waals surface area contributed by atoms with Crippen LogP contribution in [0.15, 0.2) is 42.6 Å². The van der Waals surface area contributed by atoms with Gasteiger partial charge in [-0.2, -0.15) is 0 Å². The van der Waals surface area contributed by atoms with Crippen molar-refractivity contribution in [1.82, 2.24) is 4.98 Å². The number of aromatic nitrogens is 1. The molecule has 0 aliphatic rings. The molecule has 0 fully saturated rings. The summed E-state index contributed by atoms with van der Waals surface area (Å²) in [4.78, 5) is 16.0. The summed E-state index contributed by atoms with van der Waals surface area (Å²) in [5.74, 6) is -0.352. The number of benzene rings is 1. The predicted molar refractivity (Wildman–Crippen MR) is 72.7 cm³/mol. The average molecular weight is 278 g/mol. The van der Waals surface area contributed by atoms with Crippen LogP contribution in [-0.2, 0) is 17.6 Å². The molecule has 0 atom stereocenters. The Balaban J connectivity index is 1.93. The lowest BCUT2D eigenvalue weighted by Gasteiger charge is -2.04. The molecule has 19 heavy (non-hydrogen) atoms. The number of rotatable bonds is 5. The summed E-state index contributed by atoms with van der Waals surface area (Å²) >= 11 is 5.93. The van der Waals surface area contributed by atoms with Crippen LogP contribution in [0, 0.1) is 5.82 Å². The second-order valence-electron chi connectivity index (χ2n) is 4.27. The largest absolute Gasteiger partial charge is 0.299 e. The SMILES string of the molecule is O=C(CCc1ccccn1)Cc1cc(F)ccc1Cl. The lowest BCUT2D eigenvalue weighted by molar-refractivity contribution is -0.118. The van der Waals surface area contributed by atoms with E-state index >= 15 is 0 Å². The monoisotopic (exact) mass is 277 g/mol. The third kappa shape index (κ3) is 4.14. The lowest BCUT2D eigenvalue weighted by atomic mass is 10.0. The Bertz CT molecular complexity index is 572. The number of pyridine rings is 1. The van der Waals surface area contributed by atoms with E-state index in [2.05, 4.69) is 4.98 Å². The van der Waals surface area contributed by atoms with Crippen molar-refractivity contribution in [2.75, 3.05) is 0 Å². The van der Waals surface area contributed by atoms with E-state index in [4.69, 9.17) is 11.6 Å². The van der Waals surface area contributed by atoms with E-state index in [1.807, 2.05) is 18.2 Å². The Morgan fingerprint density at radius 2 is 2.11 bits per heavy atom. The van der Waals surface area contributed by atoms with Crippen LogP contribution in [0.1, 0.15) is 17.7 Å². The summed E-state index contributed by atoms with van der Waals surface area (Å²) in [5.41, 5.74) is 1.41. The first-order chi connectivity index (χ1) is 9.15. The second-order valence-corrected chi connectivity index (χ2v) is 4.68. The average Bonchev–Trinajstić information content (AvgIpc) is 2.42. The zero-order chi connectivity index (χ0) is 13.7. The fourth-order valence-electron chi connectivity index (χ4n) is 1.79. The van der Waals surface area contributed by atoms with E-state index < -0.39 is 0 Å². The van der Waals surface area contributed by atoms with E-state index in [0.29, 0.717) is 23.4 Å². The van der Waals surface area contributed by atoms with Gasteiger partial charge < -0.3 is 0 Å². The van der Waals surface area contributed by atoms with Crippen molar-refractivity contribution in [2.24, 2.45) is 0 Å². The standard InChI is InChI=1S/C15H13ClFNO/c16-15-7-4-12(17)9-11(15)10-14(19)6-5-13-3-1-2-8-18-13/h1-4,7-9H,5-6,10H2. The number of halogens is 2. The zero-order valence-electron chi connectivity index (χ0n) is 10.3. The van der Waals surface area contributed by atoms with Crippen LogP contribution in [0.2, 0.25) is 5.02 Å². The van der Waals surface area contributed by atoms with Crippen LogP contribution < -0.4 is 0 Å². The van der Waals surface area contributed by atoms with Gasteiger partial charge in [-0.05, 0) is 42.3 Å². The summed E-state index contributed by atoms with van der Waals surface area (Å²) in [5, 5.41) is 0.424. The van der Waals surface area contributed by atoms with Crippen molar-refractivity contribution in [3.05, 3.63) is 64.7 Å². The molecule has 4 heteroatoms. The van der Waals surface area contributed by atoms with Crippen LogP contribution in [0.4, 0.5) is 4.39 Å². The van der Waals surface area contributed by atoms with Crippen molar-refractivity contribution >= 4 is 17.4 Å². The molecule has 0 spiro atoms. The highest BCUT2D eigenvalue weighted by molar-refractivity contribution is 6.31. The van der Waals surface area contributed by atoms with Gasteiger partial charge in [-0.25, -0.2) is 4.39 Å². The smallest absolute Gasteiger partial charge is 0.137 e. The van der Waals surface area contributed by atoms with Crippen LogP contribution in [0.3, 0.4) is 0 Å². The van der Waals surface area contributed by atoms with Crippen molar-refractivity contribution in [1.29, 1.82) is 0 Å². The van der Waals surface area contributed by atoms with Crippen LogP contribution in [-0.4, -0.2) is 10.8 Å². The molecule has 0 bridgehead atoms. The number of ketones is 1. The molecular weight excluding hydrogens is 265 g/mol. The highest BCUT2D eigenvalue weighted by atomic mass is 35.5. The van der Waals surface area contributed by atoms with Gasteiger partial charge >= 0.3 is 0 Å². The number of hydrogen-bond acceptors (Lipinski definition) is 2. The maximum atomic E-state index is 13.1. The maximum Gasteiger partial charge on any atom is 0.137 e. The summed E-state index contributed by atoms with van der Waals surface area (Å²) in [7, 11) is 0. The molecule has 0 saturated carbocycles. The Kier molecular flexibility index (Phi) is 4.63. The topological polar surface area (TPSA) is 30.0 Å². The van der Waals surface area contributed by atoms with Gasteiger partial charge in [0, 0.05) is 29.8 Å². The zero-order valence-corrected chi connectivity index (χ0v) is 11.0. The Morgan fingerprint density at radius 3 is 2.84 bits per heavy atom. The van der Waals surface area contributed by atoms with E-state index in [9.17, 15) is 9.18 Å². The van der Waals surface area contributed by atoms with Crippen LogP contribution in [0.25, 0.3) is 0 Å². The van der Waals surface area contributed by atoms with Gasteiger partial charge in [-0.1, -0.05) is 17.7 Å². The van der Waals surface area contributed by atoms with Gasteiger partial charge in [0.25, 0.3) is 0 Å². The molecule has 0 saturated heterocycles. The number of nitrogens with zero attached hydrogens (tertiary/aromatic N) is 1. The number of carbonyl (C=O) groups excluding carboxylic acids is 1. The predicted octanol–water partition coefficient (Wildman–Crippen LogP) is 3.62. The first-order valence-corrected chi connectivity index (χ1v) is 6.38. The molecule has 0 aliphatic heterocycles. The van der Waals surface area contributed by atoms with Crippen molar-refractivity contribution in [3.8, 4) is 0 Å². The molecule has 98 valence electrons. The highest BCUT2D eigenvalue weighted by Crippen LogP contribution is 2.18. The molecule has 1 heterocycles. The second kappa shape index (κ2) is 6.43. The van der Waals surface area contributed by atoms with Crippen molar-refractivity contribution in [3.63, 3.8) is 0 Å². The van der Waals surface area contributed by atoms with Crippen molar-refractivity contribution in [2.45, 2.75) is 19.3 Å². The molecule has 2 rings (SSSR count). The fourth-order valence-corrected chi connectivity index (χ4v) is 1.98. The molecular formula is C15H13ClFNO. The van der Waals surface area contributed by atoms with Crippen LogP contribution in [0.5, 0.6) is 0 Å². The minimum atomic E-state index is -0.378. The molecule has 1 aromatic heterocycles. The van der Waals surface area contributed by atoms with E-state index in [1.165, 1.54) is 18.2 Å². The van der Waals surface area contributed by atoms with Crippen molar-refractivity contribution < 1.29 is 9.18 Å². The molecule has 0 amide bonds. The fraction of sp³-hybridized carbons (Fsp3) is 0.200. The summed E-state index contributed by atoms with van der Waals surface area (Å²) < 4.78 is 13.1. The van der Waals surface area contributed by atoms with Gasteiger partial charge in [0.15, 0.2) is 0 Å². The quantitative estimate of drug-likeness (QED) is 0.835. The Labute approximate surface area is 116 Å². The van der Waals surface area contributed by atoms with Gasteiger partial charge in [0.1, 0.15) is 11.6 Å². The Hall–Kier alpha value is -1.74. The highest BCUT2D eigenvalue weighted by Gasteiger charge is 2.09.